The second kappa shape index (κ2) is 12.5. The predicted octanol–water partition coefficient (Wildman–Crippen LogP) is 9.18. The smallest absolute Gasteiger partial charge is 0.164 e. The molecule has 2 aliphatic rings. The molecule has 4 heteroatoms. The number of hydrogen-bond donors (Lipinski definition) is 1. The van der Waals surface area contributed by atoms with Crippen molar-refractivity contribution in [2.24, 2.45) is 0 Å². The standard InChI is InChI=1S/C38H30N4.C2H6/c1-3-26(4-2)35-40-36(27-15-7-5-8-16-27)42-37(41-35)28-22-23-33-31(25-28)30-19-11-12-20-32(30)38(33,29-17-9-6-10-18-29)34-21-13-14-24-39-34;1-2/h3-25,34,39H,1H2,2H3;1-2H3/b26-4+;. The first-order valence-electron chi connectivity index (χ1n) is 15.2. The van der Waals surface area contributed by atoms with E-state index >= 15 is 0 Å². The van der Waals surface area contributed by atoms with Crippen LogP contribution in [0, 0.1) is 0 Å². The normalized spacial score (nSPS) is 18.0. The second-order valence-corrected chi connectivity index (χ2v) is 10.5. The third-order valence-electron chi connectivity index (χ3n) is 8.28. The number of rotatable bonds is 6. The van der Waals surface area contributed by atoms with E-state index < -0.39 is 5.41 Å². The van der Waals surface area contributed by atoms with Crippen molar-refractivity contribution in [3.8, 4) is 33.9 Å². The van der Waals surface area contributed by atoms with Crippen LogP contribution in [0.5, 0.6) is 0 Å². The maximum atomic E-state index is 4.97. The molecule has 216 valence electrons. The van der Waals surface area contributed by atoms with Crippen LogP contribution in [0.25, 0.3) is 39.5 Å². The number of allylic oxidation sites excluding steroid dienone is 5. The highest BCUT2D eigenvalue weighted by molar-refractivity contribution is 5.87. The Labute approximate surface area is 260 Å². The van der Waals surface area contributed by atoms with Crippen molar-refractivity contribution in [1.82, 2.24) is 20.3 Å². The van der Waals surface area contributed by atoms with Crippen LogP contribution in [0.2, 0.25) is 0 Å². The van der Waals surface area contributed by atoms with E-state index in [9.17, 15) is 0 Å². The van der Waals surface area contributed by atoms with Gasteiger partial charge >= 0.3 is 0 Å². The number of nitrogens with one attached hydrogen (secondary N) is 1. The molecule has 0 fully saturated rings. The number of fused-ring (bicyclic) bond motifs is 3. The Kier molecular flexibility index (Phi) is 8.16. The van der Waals surface area contributed by atoms with Gasteiger partial charge in [-0.25, -0.2) is 15.0 Å². The van der Waals surface area contributed by atoms with Crippen molar-refractivity contribution in [2.45, 2.75) is 32.2 Å². The summed E-state index contributed by atoms with van der Waals surface area (Å²) in [7, 11) is 0. The van der Waals surface area contributed by atoms with Gasteiger partial charge in [0.1, 0.15) is 0 Å². The third kappa shape index (κ3) is 4.79. The average Bonchev–Trinajstić information content (AvgIpc) is 3.41. The zero-order valence-corrected chi connectivity index (χ0v) is 25.4. The van der Waals surface area contributed by atoms with Crippen LogP contribution in [0.1, 0.15) is 43.3 Å². The molecule has 2 unspecified atom stereocenters. The van der Waals surface area contributed by atoms with E-state index in [0.717, 1.165) is 16.7 Å². The molecule has 0 radical (unpaired) electrons. The predicted molar refractivity (Wildman–Crippen MR) is 183 cm³/mol. The molecule has 1 N–H and O–H groups in total. The number of hydrogen-bond acceptors (Lipinski definition) is 4. The summed E-state index contributed by atoms with van der Waals surface area (Å²) in [6, 6.07) is 36.3. The van der Waals surface area contributed by atoms with Gasteiger partial charge < -0.3 is 5.32 Å². The summed E-state index contributed by atoms with van der Waals surface area (Å²) in [6.07, 6.45) is 12.3. The monoisotopic (exact) mass is 572 g/mol. The molecule has 4 nitrogen and oxygen atoms in total. The van der Waals surface area contributed by atoms with E-state index in [0.29, 0.717) is 17.5 Å². The first kappa shape index (κ1) is 28.8. The topological polar surface area (TPSA) is 50.7 Å². The van der Waals surface area contributed by atoms with Crippen LogP contribution in [0.15, 0.2) is 146 Å². The molecule has 0 saturated carbocycles. The van der Waals surface area contributed by atoms with Gasteiger partial charge in [-0.05, 0) is 53.1 Å². The SMILES string of the molecule is C=C/C(=C\C)c1nc(-c2ccccc2)nc(-c2ccc3c(c2)-c2ccccc2C3(c2ccccc2)C2C=CC=CN2)n1.CC. The van der Waals surface area contributed by atoms with Gasteiger partial charge in [-0.2, -0.15) is 0 Å². The van der Waals surface area contributed by atoms with Gasteiger partial charge in [0.15, 0.2) is 17.5 Å². The lowest BCUT2D eigenvalue weighted by Gasteiger charge is -2.40. The van der Waals surface area contributed by atoms with Crippen molar-refractivity contribution < 1.29 is 0 Å². The average molecular weight is 573 g/mol. The summed E-state index contributed by atoms with van der Waals surface area (Å²) < 4.78 is 0. The van der Waals surface area contributed by atoms with E-state index in [4.69, 9.17) is 15.0 Å². The van der Waals surface area contributed by atoms with Crippen LogP contribution in [-0.2, 0) is 5.41 Å². The van der Waals surface area contributed by atoms with E-state index in [-0.39, 0.29) is 6.04 Å². The third-order valence-corrected chi connectivity index (χ3v) is 8.28. The van der Waals surface area contributed by atoms with E-state index in [1.807, 2.05) is 69.5 Å². The lowest BCUT2D eigenvalue weighted by Crippen LogP contribution is -2.46. The fourth-order valence-electron chi connectivity index (χ4n) is 6.39. The van der Waals surface area contributed by atoms with Crippen molar-refractivity contribution in [1.29, 1.82) is 0 Å². The summed E-state index contributed by atoms with van der Waals surface area (Å²) in [6.45, 7) is 9.96. The van der Waals surface area contributed by atoms with Crippen molar-refractivity contribution in [2.75, 3.05) is 0 Å². The minimum absolute atomic E-state index is 0.0384. The fraction of sp³-hybridized carbons (Fsp3) is 0.125. The Hall–Kier alpha value is -5.35. The molecule has 0 saturated heterocycles. The molecule has 1 aromatic heterocycles. The highest BCUT2D eigenvalue weighted by atomic mass is 15.0. The minimum atomic E-state index is -0.409. The molecule has 5 aromatic rings. The number of aromatic nitrogens is 3. The van der Waals surface area contributed by atoms with Gasteiger partial charge in [0.05, 0.1) is 11.5 Å². The Morgan fingerprint density at radius 1 is 0.727 bits per heavy atom. The molecule has 7 rings (SSSR count). The van der Waals surface area contributed by atoms with Gasteiger partial charge in [-0.3, -0.25) is 0 Å². The highest BCUT2D eigenvalue weighted by Crippen LogP contribution is 2.55. The maximum Gasteiger partial charge on any atom is 0.164 e. The number of dihydropyridines is 1. The first-order chi connectivity index (χ1) is 21.7. The van der Waals surface area contributed by atoms with Crippen LogP contribution in [0.4, 0.5) is 0 Å². The molecular formula is C40H36N4. The second-order valence-electron chi connectivity index (χ2n) is 10.5. The van der Waals surface area contributed by atoms with Gasteiger partial charge in [0.25, 0.3) is 0 Å². The van der Waals surface area contributed by atoms with Crippen molar-refractivity contribution >= 4 is 5.57 Å². The molecule has 2 heterocycles. The van der Waals surface area contributed by atoms with Gasteiger partial charge in [-0.1, -0.05) is 142 Å². The van der Waals surface area contributed by atoms with E-state index in [1.165, 1.54) is 27.8 Å². The van der Waals surface area contributed by atoms with Crippen molar-refractivity contribution in [3.05, 3.63) is 169 Å². The molecular weight excluding hydrogens is 536 g/mol. The lowest BCUT2D eigenvalue weighted by atomic mass is 9.66. The summed E-state index contributed by atoms with van der Waals surface area (Å²) >= 11 is 0. The largest absolute Gasteiger partial charge is 0.383 e. The van der Waals surface area contributed by atoms with E-state index in [1.54, 1.807) is 6.08 Å². The summed E-state index contributed by atoms with van der Waals surface area (Å²) in [5.74, 6) is 1.88. The zero-order chi connectivity index (χ0) is 30.5. The molecule has 0 spiro atoms. The van der Waals surface area contributed by atoms with Gasteiger partial charge in [0, 0.05) is 16.7 Å². The molecule has 2 atom stereocenters. The van der Waals surface area contributed by atoms with Gasteiger partial charge in [0.2, 0.25) is 0 Å². The van der Waals surface area contributed by atoms with Gasteiger partial charge in [-0.15, -0.1) is 0 Å². The molecule has 44 heavy (non-hydrogen) atoms. The molecule has 0 bridgehead atoms. The molecule has 1 aliphatic heterocycles. The zero-order valence-electron chi connectivity index (χ0n) is 25.4. The molecule has 4 aromatic carbocycles. The fourth-order valence-corrected chi connectivity index (χ4v) is 6.39. The van der Waals surface area contributed by atoms with Crippen molar-refractivity contribution in [3.63, 3.8) is 0 Å². The van der Waals surface area contributed by atoms with Crippen LogP contribution >= 0.6 is 0 Å². The minimum Gasteiger partial charge on any atom is -0.383 e. The Morgan fingerprint density at radius 3 is 2.07 bits per heavy atom. The van der Waals surface area contributed by atoms with Crippen LogP contribution in [0.3, 0.4) is 0 Å². The first-order valence-corrected chi connectivity index (χ1v) is 15.2. The Balaban J connectivity index is 0.00000168. The highest BCUT2D eigenvalue weighted by Gasteiger charge is 2.49. The maximum absolute atomic E-state index is 4.97. The van der Waals surface area contributed by atoms with Crippen LogP contribution < -0.4 is 5.32 Å². The Morgan fingerprint density at radius 2 is 1.39 bits per heavy atom. The van der Waals surface area contributed by atoms with Crippen LogP contribution in [-0.4, -0.2) is 21.0 Å². The quantitative estimate of drug-likeness (QED) is 0.206. The summed E-state index contributed by atoms with van der Waals surface area (Å²) in [5.41, 5.74) is 8.55. The van der Waals surface area contributed by atoms with E-state index in [2.05, 4.69) is 96.8 Å². The number of benzene rings is 4. The molecule has 0 amide bonds. The summed E-state index contributed by atoms with van der Waals surface area (Å²) in [4.78, 5) is 14.7. The molecule has 1 aliphatic carbocycles. The lowest BCUT2D eigenvalue weighted by molar-refractivity contribution is 0.501. The Bertz CT molecular complexity index is 1890. The summed E-state index contributed by atoms with van der Waals surface area (Å²) in [5, 5.41) is 3.67. The number of nitrogens with zero attached hydrogens (tertiary/aromatic N) is 3.